The normalized spacial score (nSPS) is 20.2. The molecule has 1 aliphatic heterocycles. The lowest BCUT2D eigenvalue weighted by molar-refractivity contribution is -0.148. The monoisotopic (exact) mass is 467 g/mol. The molecular weight excluding hydrogens is 437 g/mol. The van der Waals surface area contributed by atoms with Gasteiger partial charge in [0.2, 0.25) is 5.88 Å². The Morgan fingerprint density at radius 1 is 1.09 bits per heavy atom. The summed E-state index contributed by atoms with van der Waals surface area (Å²) < 4.78 is 25.5. The number of rotatable bonds is 5. The van der Waals surface area contributed by atoms with Crippen LogP contribution in [0.4, 0.5) is 4.39 Å². The summed E-state index contributed by atoms with van der Waals surface area (Å²) in [5.41, 5.74) is 3.26. The average Bonchev–Trinajstić information content (AvgIpc) is 2.82. The van der Waals surface area contributed by atoms with Crippen molar-refractivity contribution in [1.29, 1.82) is 0 Å². The lowest BCUT2D eigenvalue weighted by atomic mass is 9.82. The number of ether oxygens (including phenoxy) is 2. The number of aromatic nitrogens is 1. The van der Waals surface area contributed by atoms with Gasteiger partial charge in [-0.05, 0) is 67.0 Å². The van der Waals surface area contributed by atoms with Crippen LogP contribution in [-0.4, -0.2) is 40.5 Å². The van der Waals surface area contributed by atoms with Crippen LogP contribution >= 0.6 is 0 Å². The first-order valence-corrected chi connectivity index (χ1v) is 11.9. The van der Waals surface area contributed by atoms with Gasteiger partial charge in [0, 0.05) is 30.2 Å². The maximum absolute atomic E-state index is 13.7. The van der Waals surface area contributed by atoms with E-state index in [0.29, 0.717) is 37.5 Å². The SMILES string of the molecule is CC.O=C(O)C1CC(Oc2nc3cc(O)ccc3c(-c3ccc(F)cc3)c2C2CCOCC2)C1. The van der Waals surface area contributed by atoms with Gasteiger partial charge >= 0.3 is 5.97 Å². The highest BCUT2D eigenvalue weighted by atomic mass is 19.1. The smallest absolute Gasteiger partial charge is 0.306 e. The van der Waals surface area contributed by atoms with Gasteiger partial charge < -0.3 is 19.7 Å². The number of pyridine rings is 1. The molecule has 2 aliphatic rings. The number of carboxylic acid groups (broad SMARTS) is 1. The Bertz CT molecular complexity index is 1150. The van der Waals surface area contributed by atoms with E-state index < -0.39 is 11.9 Å². The molecule has 0 amide bonds. The Kier molecular flexibility index (Phi) is 7.32. The summed E-state index contributed by atoms with van der Waals surface area (Å²) in [5, 5.41) is 20.1. The topological polar surface area (TPSA) is 88.9 Å². The number of aromatic hydroxyl groups is 1. The molecule has 1 saturated heterocycles. The second-order valence-electron chi connectivity index (χ2n) is 8.55. The molecule has 0 atom stereocenters. The van der Waals surface area contributed by atoms with Crippen LogP contribution in [-0.2, 0) is 9.53 Å². The Labute approximate surface area is 198 Å². The van der Waals surface area contributed by atoms with Crippen molar-refractivity contribution < 1.29 is 28.9 Å². The van der Waals surface area contributed by atoms with Crippen LogP contribution in [0.2, 0.25) is 0 Å². The number of phenols is 1. The quantitative estimate of drug-likeness (QED) is 0.485. The van der Waals surface area contributed by atoms with Gasteiger partial charge in [0.1, 0.15) is 17.7 Å². The van der Waals surface area contributed by atoms with E-state index in [1.165, 1.54) is 12.1 Å². The van der Waals surface area contributed by atoms with Gasteiger partial charge in [-0.25, -0.2) is 9.37 Å². The van der Waals surface area contributed by atoms with Gasteiger partial charge in [-0.15, -0.1) is 0 Å². The molecule has 0 spiro atoms. The third kappa shape index (κ3) is 4.85. The van der Waals surface area contributed by atoms with Crippen LogP contribution in [0.1, 0.15) is 51.0 Å². The molecule has 2 fully saturated rings. The maximum atomic E-state index is 13.7. The van der Waals surface area contributed by atoms with Gasteiger partial charge in [-0.1, -0.05) is 26.0 Å². The van der Waals surface area contributed by atoms with E-state index in [2.05, 4.69) is 0 Å². The van der Waals surface area contributed by atoms with Gasteiger partial charge in [-0.3, -0.25) is 4.79 Å². The summed E-state index contributed by atoms with van der Waals surface area (Å²) in [6.45, 7) is 5.26. The van der Waals surface area contributed by atoms with Crippen LogP contribution in [0.5, 0.6) is 11.6 Å². The van der Waals surface area contributed by atoms with Crippen molar-refractivity contribution in [3.63, 3.8) is 0 Å². The van der Waals surface area contributed by atoms with Gasteiger partial charge in [0.15, 0.2) is 0 Å². The molecule has 7 heteroatoms. The second-order valence-corrected chi connectivity index (χ2v) is 8.55. The van der Waals surface area contributed by atoms with Crippen molar-refractivity contribution in [2.45, 2.75) is 51.6 Å². The molecule has 34 heavy (non-hydrogen) atoms. The predicted octanol–water partition coefficient (Wildman–Crippen LogP) is 5.91. The lowest BCUT2D eigenvalue weighted by Gasteiger charge is -2.34. The highest BCUT2D eigenvalue weighted by Gasteiger charge is 2.37. The number of benzene rings is 2. The van der Waals surface area contributed by atoms with Crippen molar-refractivity contribution in [2.24, 2.45) is 5.92 Å². The summed E-state index contributed by atoms with van der Waals surface area (Å²) in [4.78, 5) is 16.0. The van der Waals surface area contributed by atoms with E-state index in [1.807, 2.05) is 19.9 Å². The van der Waals surface area contributed by atoms with E-state index in [1.54, 1.807) is 24.3 Å². The van der Waals surface area contributed by atoms with Crippen molar-refractivity contribution in [3.05, 3.63) is 53.8 Å². The molecule has 1 aromatic heterocycles. The molecule has 3 aromatic rings. The number of aliphatic carboxylic acids is 1. The summed E-state index contributed by atoms with van der Waals surface area (Å²) in [6, 6.07) is 11.4. The fourth-order valence-electron chi connectivity index (χ4n) is 4.65. The summed E-state index contributed by atoms with van der Waals surface area (Å²) in [6.07, 6.45) is 2.26. The molecular formula is C27H30FNO5. The van der Waals surface area contributed by atoms with Crippen LogP contribution < -0.4 is 4.74 Å². The summed E-state index contributed by atoms with van der Waals surface area (Å²) in [7, 11) is 0. The molecule has 2 aromatic carbocycles. The molecule has 0 unspecified atom stereocenters. The fraction of sp³-hybridized carbons (Fsp3) is 0.407. The highest BCUT2D eigenvalue weighted by molar-refractivity contribution is 5.98. The zero-order valence-electron chi connectivity index (χ0n) is 19.5. The standard InChI is InChI=1S/C25H24FNO5.C2H6/c26-17-3-1-14(2-4-17)22-20-6-5-18(28)13-21(20)27-24(23(22)15-7-9-31-10-8-15)32-19-11-16(12-19)25(29)30;1-2/h1-6,13,15-16,19,28H,7-12H2,(H,29,30);1-2H3. The highest BCUT2D eigenvalue weighted by Crippen LogP contribution is 2.45. The van der Waals surface area contributed by atoms with Gasteiger partial charge in [-0.2, -0.15) is 0 Å². The second kappa shape index (κ2) is 10.4. The number of phenolic OH excluding ortho intramolecular Hbond substituents is 1. The molecule has 6 nitrogen and oxygen atoms in total. The largest absolute Gasteiger partial charge is 0.508 e. The molecule has 180 valence electrons. The number of hydrogen-bond donors (Lipinski definition) is 2. The minimum atomic E-state index is -0.808. The number of halogens is 1. The van der Waals surface area contributed by atoms with Crippen LogP contribution in [0.15, 0.2) is 42.5 Å². The average molecular weight is 468 g/mol. The third-order valence-corrected chi connectivity index (χ3v) is 6.46. The van der Waals surface area contributed by atoms with E-state index in [4.69, 9.17) is 14.5 Å². The van der Waals surface area contributed by atoms with Crippen molar-refractivity contribution >= 4 is 16.9 Å². The molecule has 2 heterocycles. The number of nitrogens with zero attached hydrogens (tertiary/aromatic N) is 1. The molecule has 0 bridgehead atoms. The third-order valence-electron chi connectivity index (χ3n) is 6.46. The zero-order chi connectivity index (χ0) is 24.2. The molecule has 5 rings (SSSR count). The van der Waals surface area contributed by atoms with Crippen molar-refractivity contribution in [2.75, 3.05) is 13.2 Å². The minimum Gasteiger partial charge on any atom is -0.508 e. The Balaban J connectivity index is 0.00000133. The zero-order valence-corrected chi connectivity index (χ0v) is 19.5. The van der Waals surface area contributed by atoms with E-state index >= 15 is 0 Å². The fourth-order valence-corrected chi connectivity index (χ4v) is 4.65. The first kappa shape index (κ1) is 24.0. The minimum absolute atomic E-state index is 0.0920. The molecule has 0 radical (unpaired) electrons. The first-order chi connectivity index (χ1) is 16.5. The summed E-state index contributed by atoms with van der Waals surface area (Å²) >= 11 is 0. The van der Waals surface area contributed by atoms with Crippen LogP contribution in [0.25, 0.3) is 22.0 Å². The van der Waals surface area contributed by atoms with Crippen LogP contribution in [0, 0.1) is 11.7 Å². The van der Waals surface area contributed by atoms with Crippen molar-refractivity contribution in [3.8, 4) is 22.8 Å². The number of carbonyl (C=O) groups is 1. The lowest BCUT2D eigenvalue weighted by Crippen LogP contribution is -2.38. The van der Waals surface area contributed by atoms with Gasteiger partial charge in [0.25, 0.3) is 0 Å². The Morgan fingerprint density at radius 2 is 1.76 bits per heavy atom. The number of hydrogen-bond acceptors (Lipinski definition) is 5. The Morgan fingerprint density at radius 3 is 2.41 bits per heavy atom. The predicted molar refractivity (Wildman–Crippen MR) is 128 cm³/mol. The van der Waals surface area contributed by atoms with E-state index in [0.717, 1.165) is 34.9 Å². The van der Waals surface area contributed by atoms with Crippen LogP contribution in [0.3, 0.4) is 0 Å². The van der Waals surface area contributed by atoms with E-state index in [9.17, 15) is 19.4 Å². The summed E-state index contributed by atoms with van der Waals surface area (Å²) in [5.74, 6) is -0.828. The maximum Gasteiger partial charge on any atom is 0.306 e. The number of fused-ring (bicyclic) bond motifs is 1. The molecule has 2 N–H and O–H groups in total. The molecule has 1 saturated carbocycles. The van der Waals surface area contributed by atoms with Crippen molar-refractivity contribution in [1.82, 2.24) is 4.98 Å². The molecule has 1 aliphatic carbocycles. The van der Waals surface area contributed by atoms with Gasteiger partial charge in [0.05, 0.1) is 11.4 Å². The number of carboxylic acids is 1. The Hall–Kier alpha value is -3.19. The van der Waals surface area contributed by atoms with E-state index in [-0.39, 0.29) is 23.6 Å². The first-order valence-electron chi connectivity index (χ1n) is 11.9.